The van der Waals surface area contributed by atoms with Gasteiger partial charge in [-0.1, -0.05) is 12.1 Å². The van der Waals surface area contributed by atoms with Crippen LogP contribution in [0, 0.1) is 5.82 Å². The number of rotatable bonds is 8. The first-order valence-corrected chi connectivity index (χ1v) is 11.5. The molecule has 0 bridgehead atoms. The molecule has 2 N–H and O–H groups in total. The van der Waals surface area contributed by atoms with Crippen LogP contribution < -0.4 is 19.7 Å². The maximum absolute atomic E-state index is 13.4. The molecule has 7 nitrogen and oxygen atoms in total. The van der Waals surface area contributed by atoms with E-state index in [4.69, 9.17) is 14.5 Å². The molecular formula is C24H26FN3O4S. The van der Waals surface area contributed by atoms with Crippen molar-refractivity contribution in [1.29, 1.82) is 0 Å². The molecule has 1 amide bonds. The summed E-state index contributed by atoms with van der Waals surface area (Å²) in [4.78, 5) is 19.5. The summed E-state index contributed by atoms with van der Waals surface area (Å²) in [7, 11) is 3.20. The van der Waals surface area contributed by atoms with E-state index in [2.05, 4.69) is 5.32 Å². The third-order valence-electron chi connectivity index (χ3n) is 5.60. The molecule has 2 heterocycles. The van der Waals surface area contributed by atoms with Gasteiger partial charge in [-0.3, -0.25) is 4.79 Å². The first-order chi connectivity index (χ1) is 16.0. The van der Waals surface area contributed by atoms with Crippen molar-refractivity contribution in [3.63, 3.8) is 0 Å². The van der Waals surface area contributed by atoms with Crippen molar-refractivity contribution in [3.8, 4) is 22.8 Å². The van der Waals surface area contributed by atoms with Gasteiger partial charge in [0.05, 0.1) is 26.0 Å². The topological polar surface area (TPSA) is 83.9 Å². The molecule has 1 unspecified atom stereocenters. The van der Waals surface area contributed by atoms with Crippen molar-refractivity contribution in [1.82, 2.24) is 10.3 Å². The number of ether oxygens (including phenoxy) is 2. The van der Waals surface area contributed by atoms with Crippen LogP contribution in [0.3, 0.4) is 0 Å². The van der Waals surface area contributed by atoms with Crippen LogP contribution in [-0.2, 0) is 11.2 Å². The monoisotopic (exact) mass is 471 g/mol. The number of β-amino-alcohol motifs (C(OH)–C–C–N with tert-alkyl or cyclic N) is 1. The van der Waals surface area contributed by atoms with Gasteiger partial charge in [-0.05, 0) is 42.3 Å². The Kier molecular flexibility index (Phi) is 7.10. The van der Waals surface area contributed by atoms with E-state index in [-0.39, 0.29) is 11.7 Å². The Hall–Kier alpha value is -3.17. The number of carbonyl (C=O) groups is 1. The SMILES string of the molecule is COc1ccc(OC)c(-c2csc(N3CC(O)C[C@H]3C(=O)NCCc3cccc(F)c3)n2)c1. The quantitative estimate of drug-likeness (QED) is 0.525. The fourth-order valence-corrected chi connectivity index (χ4v) is 4.83. The zero-order valence-corrected chi connectivity index (χ0v) is 19.3. The number of aliphatic hydroxyl groups excluding tert-OH is 1. The molecule has 0 saturated carbocycles. The summed E-state index contributed by atoms with van der Waals surface area (Å²) in [6, 6.07) is 11.3. The van der Waals surface area contributed by atoms with E-state index in [1.165, 1.54) is 23.5 Å². The number of benzene rings is 2. The molecule has 0 spiro atoms. The first-order valence-electron chi connectivity index (χ1n) is 10.6. The van der Waals surface area contributed by atoms with Crippen LogP contribution in [-0.4, -0.2) is 55.5 Å². The second-order valence-electron chi connectivity index (χ2n) is 7.81. The molecule has 2 aromatic carbocycles. The van der Waals surface area contributed by atoms with E-state index in [1.54, 1.807) is 20.3 Å². The van der Waals surface area contributed by atoms with Gasteiger partial charge >= 0.3 is 0 Å². The van der Waals surface area contributed by atoms with Gasteiger partial charge in [0.25, 0.3) is 0 Å². The van der Waals surface area contributed by atoms with Gasteiger partial charge in [0, 0.05) is 30.5 Å². The molecule has 3 aromatic rings. The number of carbonyl (C=O) groups excluding carboxylic acids is 1. The molecule has 2 atom stereocenters. The Morgan fingerprint density at radius 3 is 2.88 bits per heavy atom. The second-order valence-corrected chi connectivity index (χ2v) is 8.65. The Morgan fingerprint density at radius 2 is 2.12 bits per heavy atom. The number of nitrogens with zero attached hydrogens (tertiary/aromatic N) is 2. The predicted molar refractivity (Wildman–Crippen MR) is 126 cm³/mol. The third-order valence-corrected chi connectivity index (χ3v) is 6.48. The average Bonchev–Trinajstić information content (AvgIpc) is 3.45. The minimum atomic E-state index is -0.623. The van der Waals surface area contributed by atoms with Crippen LogP contribution in [0.5, 0.6) is 11.5 Å². The van der Waals surface area contributed by atoms with E-state index in [0.717, 1.165) is 11.1 Å². The van der Waals surface area contributed by atoms with Crippen molar-refractivity contribution < 1.29 is 23.8 Å². The minimum absolute atomic E-state index is 0.182. The van der Waals surface area contributed by atoms with Crippen molar-refractivity contribution in [2.75, 3.05) is 32.2 Å². The first kappa shape index (κ1) is 23.0. The van der Waals surface area contributed by atoms with Crippen LogP contribution in [0.25, 0.3) is 11.3 Å². The average molecular weight is 472 g/mol. The lowest BCUT2D eigenvalue weighted by Crippen LogP contribution is -2.44. The number of methoxy groups -OCH3 is 2. The lowest BCUT2D eigenvalue weighted by atomic mass is 10.1. The summed E-state index contributed by atoms with van der Waals surface area (Å²) in [6.07, 6.45) is 0.224. The van der Waals surface area contributed by atoms with Crippen LogP contribution in [0.2, 0.25) is 0 Å². The minimum Gasteiger partial charge on any atom is -0.497 e. The molecule has 1 aromatic heterocycles. The summed E-state index contributed by atoms with van der Waals surface area (Å²) >= 11 is 1.41. The van der Waals surface area contributed by atoms with Gasteiger partial charge in [-0.15, -0.1) is 11.3 Å². The number of aromatic nitrogens is 1. The van der Waals surface area contributed by atoms with E-state index in [9.17, 15) is 14.3 Å². The van der Waals surface area contributed by atoms with E-state index >= 15 is 0 Å². The standard InChI is InChI=1S/C24H26FN3O4S/c1-31-18-6-7-22(32-2)19(12-18)20-14-33-24(27-20)28-13-17(29)11-21(28)23(30)26-9-8-15-4-3-5-16(25)10-15/h3-7,10,12,14,17,21,29H,8-9,11,13H2,1-2H3,(H,26,30)/t17?,21-/m0/s1. The Bertz CT molecular complexity index is 1120. The molecule has 1 saturated heterocycles. The molecule has 174 valence electrons. The number of hydrogen-bond acceptors (Lipinski definition) is 7. The summed E-state index contributed by atoms with van der Waals surface area (Å²) in [6.45, 7) is 0.705. The molecule has 33 heavy (non-hydrogen) atoms. The Balaban J connectivity index is 1.47. The van der Waals surface area contributed by atoms with E-state index < -0.39 is 12.1 Å². The van der Waals surface area contributed by atoms with Gasteiger partial charge in [0.2, 0.25) is 5.91 Å². The molecule has 9 heteroatoms. The van der Waals surface area contributed by atoms with Gasteiger partial charge in [0.15, 0.2) is 5.13 Å². The molecule has 0 aliphatic carbocycles. The number of hydrogen-bond donors (Lipinski definition) is 2. The summed E-state index contributed by atoms with van der Waals surface area (Å²) in [5.74, 6) is 0.878. The van der Waals surface area contributed by atoms with Crippen molar-refractivity contribution in [3.05, 3.63) is 59.2 Å². The lowest BCUT2D eigenvalue weighted by Gasteiger charge is -2.22. The highest BCUT2D eigenvalue weighted by Gasteiger charge is 2.37. The largest absolute Gasteiger partial charge is 0.497 e. The zero-order valence-electron chi connectivity index (χ0n) is 18.5. The van der Waals surface area contributed by atoms with E-state index in [1.807, 2.05) is 34.5 Å². The fraction of sp³-hybridized carbons (Fsp3) is 0.333. The number of amides is 1. The molecular weight excluding hydrogens is 445 g/mol. The van der Waals surface area contributed by atoms with Crippen LogP contribution in [0.1, 0.15) is 12.0 Å². The van der Waals surface area contributed by atoms with Crippen LogP contribution in [0.15, 0.2) is 47.8 Å². The molecule has 1 aliphatic rings. The number of thiazole rings is 1. The van der Waals surface area contributed by atoms with Crippen molar-refractivity contribution in [2.45, 2.75) is 25.0 Å². The summed E-state index contributed by atoms with van der Waals surface area (Å²) < 4.78 is 24.1. The maximum Gasteiger partial charge on any atom is 0.242 e. The van der Waals surface area contributed by atoms with Gasteiger partial charge in [-0.25, -0.2) is 9.37 Å². The third kappa shape index (κ3) is 5.26. The highest BCUT2D eigenvalue weighted by molar-refractivity contribution is 7.14. The maximum atomic E-state index is 13.4. The van der Waals surface area contributed by atoms with Gasteiger partial charge in [-0.2, -0.15) is 0 Å². The molecule has 0 radical (unpaired) electrons. The number of anilines is 1. The normalized spacial score (nSPS) is 17.8. The summed E-state index contributed by atoms with van der Waals surface area (Å²) in [5.41, 5.74) is 2.31. The Morgan fingerprint density at radius 1 is 1.27 bits per heavy atom. The van der Waals surface area contributed by atoms with E-state index in [0.29, 0.717) is 48.3 Å². The molecule has 1 fully saturated rings. The number of aliphatic hydroxyl groups is 1. The number of halogens is 1. The smallest absolute Gasteiger partial charge is 0.242 e. The van der Waals surface area contributed by atoms with Gasteiger partial charge in [0.1, 0.15) is 23.4 Å². The van der Waals surface area contributed by atoms with Crippen molar-refractivity contribution >= 4 is 22.4 Å². The fourth-order valence-electron chi connectivity index (χ4n) is 3.95. The van der Waals surface area contributed by atoms with Crippen molar-refractivity contribution in [2.24, 2.45) is 0 Å². The number of nitrogens with one attached hydrogen (secondary N) is 1. The summed E-state index contributed by atoms with van der Waals surface area (Å²) in [5, 5.41) is 15.7. The van der Waals surface area contributed by atoms with Crippen LogP contribution in [0.4, 0.5) is 9.52 Å². The van der Waals surface area contributed by atoms with Gasteiger partial charge < -0.3 is 24.8 Å². The highest BCUT2D eigenvalue weighted by Crippen LogP contribution is 2.37. The molecule has 1 aliphatic heterocycles. The Labute approximate surface area is 195 Å². The zero-order chi connectivity index (χ0) is 23.4. The predicted octanol–water partition coefficient (Wildman–Crippen LogP) is 3.26. The highest BCUT2D eigenvalue weighted by atomic mass is 32.1. The molecule has 4 rings (SSSR count). The second kappa shape index (κ2) is 10.2. The van der Waals surface area contributed by atoms with Crippen LogP contribution >= 0.6 is 11.3 Å². The lowest BCUT2D eigenvalue weighted by molar-refractivity contribution is -0.122.